The molecule has 92 valence electrons. The van der Waals surface area contributed by atoms with E-state index in [9.17, 15) is 0 Å². The van der Waals surface area contributed by atoms with Gasteiger partial charge < -0.3 is 9.73 Å². The minimum atomic E-state index is 0.736. The van der Waals surface area contributed by atoms with Crippen molar-refractivity contribution in [3.05, 3.63) is 42.4 Å². The minimum Gasteiger partial charge on any atom is -0.452 e. The standard InChI is InChI=1S/C12H13Br2NOS/c1-7-3-10(17-8(7)2)6-15-5-9-4-11(13)12(14)16-9/h3-4,15H,5-6H2,1-2H3. The lowest BCUT2D eigenvalue weighted by molar-refractivity contribution is 0.465. The molecule has 1 N–H and O–H groups in total. The van der Waals surface area contributed by atoms with Crippen LogP contribution in [0.5, 0.6) is 0 Å². The highest BCUT2D eigenvalue weighted by atomic mass is 79.9. The zero-order chi connectivity index (χ0) is 12.4. The first-order valence-electron chi connectivity index (χ1n) is 5.26. The number of thiophene rings is 1. The van der Waals surface area contributed by atoms with Crippen molar-refractivity contribution in [1.82, 2.24) is 5.32 Å². The van der Waals surface area contributed by atoms with Crippen LogP contribution in [0.4, 0.5) is 0 Å². The van der Waals surface area contributed by atoms with Crippen molar-refractivity contribution in [1.29, 1.82) is 0 Å². The third kappa shape index (κ3) is 3.44. The molecule has 0 aromatic carbocycles. The van der Waals surface area contributed by atoms with Gasteiger partial charge in [0, 0.05) is 16.3 Å². The van der Waals surface area contributed by atoms with E-state index in [2.05, 4.69) is 57.1 Å². The first-order chi connectivity index (χ1) is 8.06. The first-order valence-corrected chi connectivity index (χ1v) is 7.67. The van der Waals surface area contributed by atoms with Crippen LogP contribution in [0, 0.1) is 13.8 Å². The van der Waals surface area contributed by atoms with E-state index in [4.69, 9.17) is 4.42 Å². The van der Waals surface area contributed by atoms with E-state index < -0.39 is 0 Å². The monoisotopic (exact) mass is 377 g/mol. The molecule has 0 radical (unpaired) electrons. The predicted molar refractivity (Wildman–Crippen MR) is 78.4 cm³/mol. The quantitative estimate of drug-likeness (QED) is 0.828. The fraction of sp³-hybridized carbons (Fsp3) is 0.333. The topological polar surface area (TPSA) is 25.2 Å². The van der Waals surface area contributed by atoms with E-state index in [0.29, 0.717) is 0 Å². The molecule has 5 heteroatoms. The van der Waals surface area contributed by atoms with Gasteiger partial charge in [0.15, 0.2) is 4.67 Å². The summed E-state index contributed by atoms with van der Waals surface area (Å²) in [6.07, 6.45) is 0. The molecule has 0 aliphatic rings. The van der Waals surface area contributed by atoms with Gasteiger partial charge in [-0.3, -0.25) is 0 Å². The molecular weight excluding hydrogens is 366 g/mol. The van der Waals surface area contributed by atoms with Gasteiger partial charge in [0.2, 0.25) is 0 Å². The summed E-state index contributed by atoms with van der Waals surface area (Å²) in [5, 5.41) is 3.37. The van der Waals surface area contributed by atoms with Gasteiger partial charge in [-0.15, -0.1) is 11.3 Å². The van der Waals surface area contributed by atoms with Crippen molar-refractivity contribution in [2.75, 3.05) is 0 Å². The number of hydrogen-bond acceptors (Lipinski definition) is 3. The molecule has 0 bridgehead atoms. The number of nitrogens with one attached hydrogen (secondary N) is 1. The zero-order valence-electron chi connectivity index (χ0n) is 9.64. The van der Waals surface area contributed by atoms with Gasteiger partial charge in [0.05, 0.1) is 11.0 Å². The largest absolute Gasteiger partial charge is 0.452 e. The average Bonchev–Trinajstić information content (AvgIpc) is 2.73. The Bertz CT molecular complexity index is 433. The second-order valence-corrected chi connectivity index (χ2v) is 6.81. The van der Waals surface area contributed by atoms with E-state index >= 15 is 0 Å². The molecule has 2 nitrogen and oxygen atoms in total. The molecule has 0 unspecified atom stereocenters. The van der Waals surface area contributed by atoms with Gasteiger partial charge in [-0.1, -0.05) is 0 Å². The molecule has 2 aromatic heterocycles. The Hall–Kier alpha value is -0.100. The van der Waals surface area contributed by atoms with Gasteiger partial charge in [-0.2, -0.15) is 0 Å². The van der Waals surface area contributed by atoms with Crippen molar-refractivity contribution in [2.45, 2.75) is 26.9 Å². The van der Waals surface area contributed by atoms with Crippen LogP contribution in [0.25, 0.3) is 0 Å². The summed E-state index contributed by atoms with van der Waals surface area (Å²) >= 11 is 8.57. The van der Waals surface area contributed by atoms with Gasteiger partial charge in [-0.05, 0) is 63.4 Å². The second kappa shape index (κ2) is 5.69. The highest BCUT2D eigenvalue weighted by Gasteiger charge is 2.06. The van der Waals surface area contributed by atoms with E-state index in [1.807, 2.05) is 17.4 Å². The molecule has 2 aromatic rings. The first kappa shape index (κ1) is 13.3. The maximum absolute atomic E-state index is 5.49. The Balaban J connectivity index is 1.87. The van der Waals surface area contributed by atoms with Crippen molar-refractivity contribution >= 4 is 43.2 Å². The van der Waals surface area contributed by atoms with Crippen molar-refractivity contribution in [2.24, 2.45) is 0 Å². The molecule has 2 rings (SSSR count). The lowest BCUT2D eigenvalue weighted by Gasteiger charge is -1.99. The lowest BCUT2D eigenvalue weighted by Crippen LogP contribution is -2.10. The van der Waals surface area contributed by atoms with Crippen LogP contribution in [0.1, 0.15) is 21.1 Å². The normalized spacial score (nSPS) is 11.1. The molecule has 0 saturated carbocycles. The highest BCUT2D eigenvalue weighted by molar-refractivity contribution is 9.13. The third-order valence-electron chi connectivity index (χ3n) is 2.51. The Labute approximate surface area is 122 Å². The van der Waals surface area contributed by atoms with E-state index in [1.165, 1.54) is 15.3 Å². The van der Waals surface area contributed by atoms with Crippen molar-refractivity contribution in [3.8, 4) is 0 Å². The predicted octanol–water partition coefficient (Wildman–Crippen LogP) is 4.77. The Morgan fingerprint density at radius 1 is 1.24 bits per heavy atom. The molecule has 2 heterocycles. The van der Waals surface area contributed by atoms with Crippen LogP contribution in [-0.2, 0) is 13.1 Å². The summed E-state index contributed by atoms with van der Waals surface area (Å²) in [6.45, 7) is 5.93. The summed E-state index contributed by atoms with van der Waals surface area (Å²) in [6, 6.07) is 4.21. The van der Waals surface area contributed by atoms with Crippen molar-refractivity contribution in [3.63, 3.8) is 0 Å². The van der Waals surface area contributed by atoms with Crippen molar-refractivity contribution < 1.29 is 4.42 Å². The molecule has 0 aliphatic heterocycles. The number of furan rings is 1. The summed E-state index contributed by atoms with van der Waals surface area (Å²) in [7, 11) is 0. The lowest BCUT2D eigenvalue weighted by atomic mass is 10.3. The summed E-state index contributed by atoms with van der Waals surface area (Å²) in [5.74, 6) is 0.925. The van der Waals surface area contributed by atoms with Gasteiger partial charge in [0.25, 0.3) is 0 Å². The maximum Gasteiger partial charge on any atom is 0.183 e. The smallest absolute Gasteiger partial charge is 0.183 e. The molecular formula is C12H13Br2NOS. The molecule has 0 atom stereocenters. The summed E-state index contributed by atoms with van der Waals surface area (Å²) in [5.41, 5.74) is 1.37. The maximum atomic E-state index is 5.49. The summed E-state index contributed by atoms with van der Waals surface area (Å²) < 4.78 is 7.19. The molecule has 0 spiro atoms. The molecule has 0 amide bonds. The third-order valence-corrected chi connectivity index (χ3v) is 5.37. The zero-order valence-corrected chi connectivity index (χ0v) is 13.6. The van der Waals surface area contributed by atoms with Crippen LogP contribution in [0.2, 0.25) is 0 Å². The van der Waals surface area contributed by atoms with E-state index in [1.54, 1.807) is 0 Å². The highest BCUT2D eigenvalue weighted by Crippen LogP contribution is 2.26. The minimum absolute atomic E-state index is 0.736. The fourth-order valence-corrected chi connectivity index (χ4v) is 3.21. The van der Waals surface area contributed by atoms with Crippen LogP contribution in [-0.4, -0.2) is 0 Å². The fourth-order valence-electron chi connectivity index (χ4n) is 1.52. The molecule has 0 fully saturated rings. The number of hydrogen-bond donors (Lipinski definition) is 1. The summed E-state index contributed by atoms with van der Waals surface area (Å²) in [4.78, 5) is 2.76. The Morgan fingerprint density at radius 2 is 2.00 bits per heavy atom. The van der Waals surface area contributed by atoms with E-state index in [-0.39, 0.29) is 0 Å². The van der Waals surface area contributed by atoms with Gasteiger partial charge in [0.1, 0.15) is 5.76 Å². The second-order valence-electron chi connectivity index (χ2n) is 3.89. The molecule has 17 heavy (non-hydrogen) atoms. The Morgan fingerprint density at radius 3 is 2.53 bits per heavy atom. The average molecular weight is 379 g/mol. The molecule has 0 saturated heterocycles. The number of aryl methyl sites for hydroxylation is 2. The van der Waals surface area contributed by atoms with E-state index in [0.717, 1.165) is 28.0 Å². The van der Waals surface area contributed by atoms with Crippen LogP contribution in [0.15, 0.2) is 25.7 Å². The van der Waals surface area contributed by atoms with Gasteiger partial charge in [-0.25, -0.2) is 0 Å². The van der Waals surface area contributed by atoms with Crippen LogP contribution >= 0.6 is 43.2 Å². The SMILES string of the molecule is Cc1cc(CNCc2cc(Br)c(Br)o2)sc1C. The number of rotatable bonds is 4. The Kier molecular flexibility index (Phi) is 4.47. The van der Waals surface area contributed by atoms with Crippen LogP contribution < -0.4 is 5.32 Å². The number of halogens is 2. The van der Waals surface area contributed by atoms with Crippen LogP contribution in [0.3, 0.4) is 0 Å². The molecule has 0 aliphatic carbocycles. The van der Waals surface area contributed by atoms with Gasteiger partial charge >= 0.3 is 0 Å².